The van der Waals surface area contributed by atoms with Crippen molar-refractivity contribution in [1.29, 1.82) is 0 Å². The van der Waals surface area contributed by atoms with Crippen molar-refractivity contribution < 1.29 is 9.53 Å². The molecule has 1 aromatic heterocycles. The van der Waals surface area contributed by atoms with Gasteiger partial charge < -0.3 is 15.4 Å². The molecular formula is C12H14N2O2S. The molecule has 0 atom stereocenters. The number of methoxy groups -OCH3 is 1. The molecule has 0 aliphatic carbocycles. The Hall–Kier alpha value is -1.75. The Labute approximate surface area is 104 Å². The first-order valence-corrected chi connectivity index (χ1v) is 5.94. The molecule has 4 nitrogen and oxygen atoms in total. The highest BCUT2D eigenvalue weighted by atomic mass is 32.1. The van der Waals surface area contributed by atoms with E-state index >= 15 is 0 Å². The van der Waals surface area contributed by atoms with E-state index in [2.05, 4.69) is 0 Å². The van der Waals surface area contributed by atoms with E-state index in [1.54, 1.807) is 21.2 Å². The van der Waals surface area contributed by atoms with Crippen LogP contribution in [0.4, 0.5) is 5.69 Å². The summed E-state index contributed by atoms with van der Waals surface area (Å²) in [6.07, 6.45) is 0. The van der Waals surface area contributed by atoms with Crippen molar-refractivity contribution in [3.63, 3.8) is 0 Å². The molecule has 0 saturated heterocycles. The number of nitrogen functional groups attached to an aromatic ring is 1. The largest absolute Gasteiger partial charge is 0.497 e. The van der Waals surface area contributed by atoms with Crippen molar-refractivity contribution in [1.82, 2.24) is 4.90 Å². The number of nitrogens with zero attached hydrogens (tertiary/aromatic N) is 1. The van der Waals surface area contributed by atoms with Crippen LogP contribution >= 0.6 is 11.3 Å². The third kappa shape index (κ3) is 1.93. The average Bonchev–Trinajstić information content (AvgIpc) is 2.65. The van der Waals surface area contributed by atoms with Gasteiger partial charge in [0.25, 0.3) is 5.91 Å². The molecule has 0 unspecified atom stereocenters. The van der Waals surface area contributed by atoms with Gasteiger partial charge in [0.15, 0.2) is 0 Å². The summed E-state index contributed by atoms with van der Waals surface area (Å²) in [5.41, 5.74) is 6.54. The molecule has 1 amide bonds. The number of ether oxygens (including phenoxy) is 1. The fraction of sp³-hybridized carbons (Fsp3) is 0.250. The summed E-state index contributed by atoms with van der Waals surface area (Å²) in [7, 11) is 5.05. The van der Waals surface area contributed by atoms with Gasteiger partial charge in [-0.3, -0.25) is 4.79 Å². The van der Waals surface area contributed by atoms with Crippen molar-refractivity contribution in [3.8, 4) is 5.75 Å². The molecule has 0 fully saturated rings. The quantitative estimate of drug-likeness (QED) is 0.889. The van der Waals surface area contributed by atoms with Crippen LogP contribution in [0.2, 0.25) is 0 Å². The number of amides is 1. The summed E-state index contributed by atoms with van der Waals surface area (Å²) in [5, 5.41) is 0.904. The molecule has 1 heterocycles. The molecule has 2 rings (SSSR count). The molecule has 0 radical (unpaired) electrons. The first-order valence-electron chi connectivity index (χ1n) is 5.12. The Kier molecular flexibility index (Phi) is 2.93. The molecule has 0 bridgehead atoms. The van der Waals surface area contributed by atoms with Gasteiger partial charge in [0.2, 0.25) is 0 Å². The van der Waals surface area contributed by atoms with Crippen molar-refractivity contribution in [2.24, 2.45) is 0 Å². The normalized spacial score (nSPS) is 10.5. The predicted octanol–water partition coefficient (Wildman–Crippen LogP) is 2.19. The lowest BCUT2D eigenvalue weighted by molar-refractivity contribution is 0.0833. The number of fused-ring (bicyclic) bond motifs is 1. The van der Waals surface area contributed by atoms with Crippen LogP contribution < -0.4 is 10.5 Å². The van der Waals surface area contributed by atoms with Crippen molar-refractivity contribution >= 4 is 33.0 Å². The molecule has 5 heteroatoms. The number of anilines is 1. The van der Waals surface area contributed by atoms with Crippen LogP contribution in [0.1, 0.15) is 9.67 Å². The number of rotatable bonds is 2. The molecule has 90 valence electrons. The third-order valence-electron chi connectivity index (χ3n) is 2.54. The molecule has 0 saturated carbocycles. The summed E-state index contributed by atoms with van der Waals surface area (Å²) in [5.74, 6) is 0.699. The molecule has 2 aromatic rings. The Morgan fingerprint density at radius 2 is 2.12 bits per heavy atom. The first-order chi connectivity index (χ1) is 8.04. The van der Waals surface area contributed by atoms with E-state index in [9.17, 15) is 4.79 Å². The average molecular weight is 250 g/mol. The van der Waals surface area contributed by atoms with Crippen LogP contribution in [0.3, 0.4) is 0 Å². The van der Waals surface area contributed by atoms with E-state index in [0.717, 1.165) is 15.8 Å². The summed E-state index contributed by atoms with van der Waals surface area (Å²) in [6.45, 7) is 0. The molecule has 0 spiro atoms. The van der Waals surface area contributed by atoms with E-state index in [0.29, 0.717) is 10.6 Å². The highest BCUT2D eigenvalue weighted by molar-refractivity contribution is 7.21. The van der Waals surface area contributed by atoms with Crippen molar-refractivity contribution in [2.45, 2.75) is 0 Å². The van der Waals surface area contributed by atoms with E-state index in [-0.39, 0.29) is 5.91 Å². The van der Waals surface area contributed by atoms with Crippen LogP contribution in [0, 0.1) is 0 Å². The second kappa shape index (κ2) is 4.25. The summed E-state index contributed by atoms with van der Waals surface area (Å²) < 4.78 is 6.11. The number of hydrogen-bond acceptors (Lipinski definition) is 4. The van der Waals surface area contributed by atoms with Crippen molar-refractivity contribution in [3.05, 3.63) is 23.1 Å². The summed E-state index contributed by atoms with van der Waals surface area (Å²) >= 11 is 1.39. The lowest BCUT2D eigenvalue weighted by Crippen LogP contribution is -2.21. The highest BCUT2D eigenvalue weighted by Gasteiger charge is 2.17. The van der Waals surface area contributed by atoms with Crippen LogP contribution in [0.25, 0.3) is 10.1 Å². The van der Waals surface area contributed by atoms with Gasteiger partial charge in [-0.05, 0) is 18.2 Å². The van der Waals surface area contributed by atoms with Gasteiger partial charge in [0.1, 0.15) is 10.6 Å². The van der Waals surface area contributed by atoms with Gasteiger partial charge >= 0.3 is 0 Å². The van der Waals surface area contributed by atoms with Gasteiger partial charge in [-0.1, -0.05) is 0 Å². The lowest BCUT2D eigenvalue weighted by Gasteiger charge is -2.08. The molecular weight excluding hydrogens is 236 g/mol. The van der Waals surface area contributed by atoms with E-state index in [4.69, 9.17) is 10.5 Å². The Morgan fingerprint density at radius 3 is 2.71 bits per heavy atom. The summed E-state index contributed by atoms with van der Waals surface area (Å²) in [4.78, 5) is 14.0. The maximum absolute atomic E-state index is 11.9. The Morgan fingerprint density at radius 1 is 1.41 bits per heavy atom. The third-order valence-corrected chi connectivity index (χ3v) is 3.69. The second-order valence-corrected chi connectivity index (χ2v) is 4.96. The Bertz CT molecular complexity index is 575. The minimum absolute atomic E-state index is 0.0670. The predicted molar refractivity (Wildman–Crippen MR) is 70.8 cm³/mol. The topological polar surface area (TPSA) is 55.6 Å². The van der Waals surface area contributed by atoms with E-state index in [1.807, 2.05) is 18.2 Å². The van der Waals surface area contributed by atoms with Crippen LogP contribution in [-0.4, -0.2) is 32.0 Å². The molecule has 17 heavy (non-hydrogen) atoms. The molecule has 1 aromatic carbocycles. The maximum atomic E-state index is 11.9. The van der Waals surface area contributed by atoms with Crippen LogP contribution in [0.5, 0.6) is 5.75 Å². The minimum atomic E-state index is -0.0670. The van der Waals surface area contributed by atoms with Crippen LogP contribution in [-0.2, 0) is 0 Å². The molecule has 2 N–H and O–H groups in total. The zero-order valence-electron chi connectivity index (χ0n) is 9.98. The zero-order chi connectivity index (χ0) is 12.6. The summed E-state index contributed by atoms with van der Waals surface area (Å²) in [6, 6.07) is 5.62. The maximum Gasteiger partial charge on any atom is 0.265 e. The van der Waals surface area contributed by atoms with E-state index < -0.39 is 0 Å². The van der Waals surface area contributed by atoms with Crippen molar-refractivity contribution in [2.75, 3.05) is 26.9 Å². The van der Waals surface area contributed by atoms with Gasteiger partial charge in [-0.25, -0.2) is 0 Å². The molecule has 0 aliphatic rings. The molecule has 0 aliphatic heterocycles. The van der Waals surface area contributed by atoms with E-state index in [1.165, 1.54) is 16.2 Å². The number of hydrogen-bond donors (Lipinski definition) is 1. The smallest absolute Gasteiger partial charge is 0.265 e. The van der Waals surface area contributed by atoms with Gasteiger partial charge in [0.05, 0.1) is 12.8 Å². The number of benzene rings is 1. The second-order valence-electron chi connectivity index (χ2n) is 3.91. The highest BCUT2D eigenvalue weighted by Crippen LogP contribution is 2.36. The number of thiophene rings is 1. The standard InChI is InChI=1S/C12H14N2O2S/c1-14(2)12(15)11-10(13)8-5-4-7(16-3)6-9(8)17-11/h4-6H,13H2,1-3H3. The monoisotopic (exact) mass is 250 g/mol. The van der Waals surface area contributed by atoms with Gasteiger partial charge in [0, 0.05) is 24.2 Å². The number of carbonyl (C=O) groups is 1. The SMILES string of the molecule is COc1ccc2c(N)c(C(=O)N(C)C)sc2c1. The first kappa shape index (κ1) is 11.7. The van der Waals surface area contributed by atoms with Crippen LogP contribution in [0.15, 0.2) is 18.2 Å². The number of carbonyl (C=O) groups excluding carboxylic acids is 1. The Balaban J connectivity index is 2.60. The fourth-order valence-electron chi connectivity index (χ4n) is 1.59. The number of nitrogens with two attached hydrogens (primary N) is 1. The minimum Gasteiger partial charge on any atom is -0.497 e. The van der Waals surface area contributed by atoms with Gasteiger partial charge in [-0.2, -0.15) is 0 Å². The fourth-order valence-corrected chi connectivity index (χ4v) is 2.76. The van der Waals surface area contributed by atoms with Gasteiger partial charge in [-0.15, -0.1) is 11.3 Å². The lowest BCUT2D eigenvalue weighted by atomic mass is 10.2. The zero-order valence-corrected chi connectivity index (χ0v) is 10.8.